The van der Waals surface area contributed by atoms with Crippen LogP contribution >= 0.6 is 11.8 Å². The first kappa shape index (κ1) is 12.1. The van der Waals surface area contributed by atoms with E-state index in [-0.39, 0.29) is 0 Å². The Morgan fingerprint density at radius 1 is 1.53 bits per heavy atom. The molecule has 1 aliphatic heterocycles. The number of carbonyl (C=O) groups is 1. The molecule has 4 nitrogen and oxygen atoms in total. The summed E-state index contributed by atoms with van der Waals surface area (Å²) in [5, 5.41) is 0. The van der Waals surface area contributed by atoms with Crippen LogP contribution in [0.5, 0.6) is 11.5 Å². The van der Waals surface area contributed by atoms with Crippen molar-refractivity contribution in [3.63, 3.8) is 0 Å². The van der Waals surface area contributed by atoms with Gasteiger partial charge in [0.2, 0.25) is 0 Å². The molecule has 0 aromatic heterocycles. The van der Waals surface area contributed by atoms with Gasteiger partial charge in [0.25, 0.3) is 0 Å². The molecule has 0 radical (unpaired) electrons. The maximum absolute atomic E-state index is 11.2. The fourth-order valence-corrected chi connectivity index (χ4v) is 2.48. The standard InChI is InChI=1S/C12H14O4S/c1-3-14-12(13)16-9-4-5-10-11(8(9)2)15-6-7-17-10/h4-5H,3,6-7H2,1-2H3. The molecular formula is C12H14O4S. The van der Waals surface area contributed by atoms with Crippen molar-refractivity contribution in [2.75, 3.05) is 19.0 Å². The number of benzene rings is 1. The molecule has 1 heterocycles. The zero-order valence-corrected chi connectivity index (χ0v) is 10.6. The number of ether oxygens (including phenoxy) is 3. The van der Waals surface area contributed by atoms with Crippen LogP contribution < -0.4 is 9.47 Å². The number of thioether (sulfide) groups is 1. The topological polar surface area (TPSA) is 44.8 Å². The highest BCUT2D eigenvalue weighted by molar-refractivity contribution is 7.99. The highest BCUT2D eigenvalue weighted by Crippen LogP contribution is 2.39. The van der Waals surface area contributed by atoms with Gasteiger partial charge in [-0.15, -0.1) is 11.8 Å². The Morgan fingerprint density at radius 2 is 2.35 bits per heavy atom. The van der Waals surface area contributed by atoms with Crippen LogP contribution in [0.1, 0.15) is 12.5 Å². The van der Waals surface area contributed by atoms with E-state index in [0.717, 1.165) is 22.0 Å². The second-order valence-electron chi connectivity index (χ2n) is 3.50. The van der Waals surface area contributed by atoms with Gasteiger partial charge in [-0.1, -0.05) is 0 Å². The van der Waals surface area contributed by atoms with E-state index in [1.807, 2.05) is 13.0 Å². The van der Waals surface area contributed by atoms with E-state index in [4.69, 9.17) is 14.2 Å². The molecule has 0 amide bonds. The smallest absolute Gasteiger partial charge is 0.491 e. The first-order valence-corrected chi connectivity index (χ1v) is 6.44. The van der Waals surface area contributed by atoms with Gasteiger partial charge in [-0.05, 0) is 26.0 Å². The Kier molecular flexibility index (Phi) is 3.78. The van der Waals surface area contributed by atoms with Crippen molar-refractivity contribution in [1.82, 2.24) is 0 Å². The lowest BCUT2D eigenvalue weighted by molar-refractivity contribution is 0.104. The third-order valence-corrected chi connectivity index (χ3v) is 3.37. The third-order valence-electron chi connectivity index (χ3n) is 2.36. The molecule has 0 saturated heterocycles. The summed E-state index contributed by atoms with van der Waals surface area (Å²) in [6, 6.07) is 3.67. The zero-order valence-electron chi connectivity index (χ0n) is 9.82. The molecule has 2 rings (SSSR count). The molecule has 0 spiro atoms. The minimum atomic E-state index is -0.681. The van der Waals surface area contributed by atoms with Crippen LogP contribution in [-0.2, 0) is 4.74 Å². The lowest BCUT2D eigenvalue weighted by Crippen LogP contribution is -2.13. The van der Waals surface area contributed by atoms with Crippen LogP contribution in [0.2, 0.25) is 0 Å². The van der Waals surface area contributed by atoms with E-state index < -0.39 is 6.16 Å². The predicted molar refractivity (Wildman–Crippen MR) is 65.0 cm³/mol. The van der Waals surface area contributed by atoms with Gasteiger partial charge in [0, 0.05) is 11.3 Å². The van der Waals surface area contributed by atoms with Gasteiger partial charge in [-0.3, -0.25) is 0 Å². The van der Waals surface area contributed by atoms with E-state index in [1.165, 1.54) is 0 Å². The van der Waals surface area contributed by atoms with Gasteiger partial charge >= 0.3 is 6.16 Å². The van der Waals surface area contributed by atoms with Gasteiger partial charge in [-0.25, -0.2) is 4.79 Å². The van der Waals surface area contributed by atoms with Crippen LogP contribution in [0.15, 0.2) is 17.0 Å². The van der Waals surface area contributed by atoms with Crippen LogP contribution in [-0.4, -0.2) is 25.1 Å². The molecule has 0 bridgehead atoms. The number of carbonyl (C=O) groups excluding carboxylic acids is 1. The maximum Gasteiger partial charge on any atom is 0.513 e. The summed E-state index contributed by atoms with van der Waals surface area (Å²) in [4.78, 5) is 12.3. The van der Waals surface area contributed by atoms with Crippen molar-refractivity contribution in [1.29, 1.82) is 0 Å². The van der Waals surface area contributed by atoms with Crippen molar-refractivity contribution in [2.45, 2.75) is 18.7 Å². The number of hydrogen-bond donors (Lipinski definition) is 0. The molecule has 92 valence electrons. The van der Waals surface area contributed by atoms with Crippen molar-refractivity contribution in [3.05, 3.63) is 17.7 Å². The predicted octanol–water partition coefficient (Wildman–Crippen LogP) is 3.01. The van der Waals surface area contributed by atoms with Gasteiger partial charge in [0.05, 0.1) is 18.1 Å². The largest absolute Gasteiger partial charge is 0.513 e. The minimum absolute atomic E-state index is 0.301. The number of rotatable bonds is 2. The van der Waals surface area contributed by atoms with Gasteiger partial charge in [0.15, 0.2) is 0 Å². The van der Waals surface area contributed by atoms with Crippen LogP contribution in [0.4, 0.5) is 4.79 Å². The van der Waals surface area contributed by atoms with E-state index in [9.17, 15) is 4.79 Å². The lowest BCUT2D eigenvalue weighted by atomic mass is 10.2. The fraction of sp³-hybridized carbons (Fsp3) is 0.417. The molecule has 1 aromatic carbocycles. The highest BCUT2D eigenvalue weighted by Gasteiger charge is 2.18. The molecular weight excluding hydrogens is 240 g/mol. The van der Waals surface area contributed by atoms with Crippen LogP contribution in [0.25, 0.3) is 0 Å². The van der Waals surface area contributed by atoms with E-state index in [0.29, 0.717) is 19.0 Å². The Bertz CT molecular complexity index is 431. The molecule has 17 heavy (non-hydrogen) atoms. The first-order chi connectivity index (χ1) is 8.22. The molecule has 0 unspecified atom stereocenters. The number of fused-ring (bicyclic) bond motifs is 1. The summed E-state index contributed by atoms with van der Waals surface area (Å²) in [5.74, 6) is 2.25. The molecule has 5 heteroatoms. The van der Waals surface area contributed by atoms with E-state index >= 15 is 0 Å². The molecule has 1 aromatic rings. The van der Waals surface area contributed by atoms with E-state index in [1.54, 1.807) is 24.8 Å². The van der Waals surface area contributed by atoms with Crippen molar-refractivity contribution in [3.8, 4) is 11.5 Å². The average molecular weight is 254 g/mol. The second-order valence-corrected chi connectivity index (χ2v) is 4.63. The SMILES string of the molecule is CCOC(=O)Oc1ccc2c(c1C)OCCS2. The first-order valence-electron chi connectivity index (χ1n) is 5.46. The number of hydrogen-bond acceptors (Lipinski definition) is 5. The summed E-state index contributed by atoms with van der Waals surface area (Å²) >= 11 is 1.74. The average Bonchev–Trinajstić information content (AvgIpc) is 2.33. The molecule has 0 saturated carbocycles. The normalized spacial score (nSPS) is 13.5. The molecule has 1 aliphatic rings. The van der Waals surface area contributed by atoms with Crippen molar-refractivity contribution in [2.24, 2.45) is 0 Å². The summed E-state index contributed by atoms with van der Waals surface area (Å²) in [6.07, 6.45) is -0.681. The maximum atomic E-state index is 11.2. The Labute approximate surface area is 104 Å². The molecule has 0 N–H and O–H groups in total. The molecule has 0 fully saturated rings. The minimum Gasteiger partial charge on any atom is -0.491 e. The lowest BCUT2D eigenvalue weighted by Gasteiger charge is -2.20. The van der Waals surface area contributed by atoms with Crippen molar-refractivity contribution >= 4 is 17.9 Å². The summed E-state index contributed by atoms with van der Waals surface area (Å²) in [6.45, 7) is 4.59. The van der Waals surface area contributed by atoms with Gasteiger partial charge in [0.1, 0.15) is 11.5 Å². The van der Waals surface area contributed by atoms with Crippen LogP contribution in [0.3, 0.4) is 0 Å². The zero-order chi connectivity index (χ0) is 12.3. The van der Waals surface area contributed by atoms with E-state index in [2.05, 4.69) is 0 Å². The van der Waals surface area contributed by atoms with Crippen LogP contribution in [0, 0.1) is 6.92 Å². The molecule has 0 aliphatic carbocycles. The Morgan fingerprint density at radius 3 is 3.12 bits per heavy atom. The van der Waals surface area contributed by atoms with Gasteiger partial charge in [-0.2, -0.15) is 0 Å². The monoisotopic (exact) mass is 254 g/mol. The third kappa shape index (κ3) is 2.66. The fourth-order valence-electron chi connectivity index (χ4n) is 1.58. The van der Waals surface area contributed by atoms with Crippen molar-refractivity contribution < 1.29 is 19.0 Å². The Balaban J connectivity index is 2.21. The highest BCUT2D eigenvalue weighted by atomic mass is 32.2. The molecule has 0 atom stereocenters. The quantitative estimate of drug-likeness (QED) is 0.599. The second kappa shape index (κ2) is 5.31. The summed E-state index contributed by atoms with van der Waals surface area (Å²) in [5.41, 5.74) is 0.836. The Hall–Kier alpha value is -1.36. The van der Waals surface area contributed by atoms with Gasteiger partial charge < -0.3 is 14.2 Å². The summed E-state index contributed by atoms with van der Waals surface area (Å²) < 4.78 is 15.4. The summed E-state index contributed by atoms with van der Waals surface area (Å²) in [7, 11) is 0.